The predicted molar refractivity (Wildman–Crippen MR) is 90.9 cm³/mol. The van der Waals surface area contributed by atoms with E-state index in [0.717, 1.165) is 22.7 Å². The molecule has 2 aromatic rings. The van der Waals surface area contributed by atoms with Crippen LogP contribution < -0.4 is 15.4 Å². The Hall–Kier alpha value is -2.49. The number of rotatable bonds is 4. The quantitative estimate of drug-likeness (QED) is 0.854. The molecular weight excluding hydrogens is 276 g/mol. The Bertz CT molecular complexity index is 666. The lowest BCUT2D eigenvalue weighted by atomic mass is 10.0. The third kappa shape index (κ3) is 4.01. The highest BCUT2D eigenvalue weighted by Crippen LogP contribution is 2.22. The molecule has 0 atom stereocenters. The van der Waals surface area contributed by atoms with Crippen molar-refractivity contribution in [3.05, 3.63) is 53.6 Å². The van der Waals surface area contributed by atoms with Crippen molar-refractivity contribution in [3.63, 3.8) is 0 Å². The van der Waals surface area contributed by atoms with Crippen LogP contribution in [0.3, 0.4) is 0 Å². The molecule has 0 aliphatic rings. The minimum atomic E-state index is -0.255. The summed E-state index contributed by atoms with van der Waals surface area (Å²) in [5.41, 5.74) is 3.69. The SMILES string of the molecule is COc1ccc(NC(=O)Nc2cccc(C(C)C)c2)c(C)c1. The predicted octanol–water partition coefficient (Wildman–Crippen LogP) is 4.77. The number of carbonyl (C=O) groups excluding carboxylic acids is 1. The fourth-order valence-electron chi connectivity index (χ4n) is 2.16. The maximum Gasteiger partial charge on any atom is 0.323 e. The van der Waals surface area contributed by atoms with Crippen molar-refractivity contribution < 1.29 is 9.53 Å². The molecule has 0 radical (unpaired) electrons. The van der Waals surface area contributed by atoms with Gasteiger partial charge in [0, 0.05) is 11.4 Å². The van der Waals surface area contributed by atoms with Crippen LogP contribution >= 0.6 is 0 Å². The van der Waals surface area contributed by atoms with Crippen LogP contribution in [0.15, 0.2) is 42.5 Å². The zero-order valence-electron chi connectivity index (χ0n) is 13.4. The maximum absolute atomic E-state index is 12.1. The highest BCUT2D eigenvalue weighted by molar-refractivity contribution is 6.00. The Balaban J connectivity index is 2.05. The molecule has 0 fully saturated rings. The molecule has 0 unspecified atom stereocenters. The first-order chi connectivity index (χ1) is 10.5. The number of hydrogen-bond acceptors (Lipinski definition) is 2. The second kappa shape index (κ2) is 6.98. The van der Waals surface area contributed by atoms with Gasteiger partial charge < -0.3 is 15.4 Å². The Morgan fingerprint density at radius 2 is 1.86 bits per heavy atom. The van der Waals surface area contributed by atoms with Crippen LogP contribution in [0.4, 0.5) is 16.2 Å². The lowest BCUT2D eigenvalue weighted by Crippen LogP contribution is -2.20. The van der Waals surface area contributed by atoms with Crippen molar-refractivity contribution in [3.8, 4) is 5.75 Å². The standard InChI is InChI=1S/C18H22N2O2/c1-12(2)14-6-5-7-15(11-14)19-18(21)20-17-9-8-16(22-4)10-13(17)3/h5-12H,1-4H3,(H2,19,20,21). The van der Waals surface area contributed by atoms with E-state index in [2.05, 4.69) is 30.5 Å². The molecule has 0 aliphatic carbocycles. The zero-order valence-corrected chi connectivity index (χ0v) is 13.4. The molecule has 0 aliphatic heterocycles. The summed E-state index contributed by atoms with van der Waals surface area (Å²) >= 11 is 0. The second-order valence-corrected chi connectivity index (χ2v) is 5.54. The largest absolute Gasteiger partial charge is 0.497 e. The van der Waals surface area contributed by atoms with E-state index in [1.807, 2.05) is 43.3 Å². The highest BCUT2D eigenvalue weighted by Gasteiger charge is 2.07. The fraction of sp³-hybridized carbons (Fsp3) is 0.278. The normalized spacial score (nSPS) is 10.4. The number of methoxy groups -OCH3 is 1. The molecule has 0 saturated heterocycles. The molecule has 0 bridgehead atoms. The maximum atomic E-state index is 12.1. The van der Waals surface area contributed by atoms with Gasteiger partial charge >= 0.3 is 6.03 Å². The molecule has 0 aromatic heterocycles. The lowest BCUT2D eigenvalue weighted by Gasteiger charge is -2.12. The lowest BCUT2D eigenvalue weighted by molar-refractivity contribution is 0.262. The molecular formula is C18H22N2O2. The summed E-state index contributed by atoms with van der Waals surface area (Å²) in [6.45, 7) is 6.18. The number of anilines is 2. The summed E-state index contributed by atoms with van der Waals surface area (Å²) < 4.78 is 5.16. The van der Waals surface area contributed by atoms with E-state index < -0.39 is 0 Å². The van der Waals surface area contributed by atoms with E-state index in [0.29, 0.717) is 5.92 Å². The monoisotopic (exact) mass is 298 g/mol. The third-order valence-corrected chi connectivity index (χ3v) is 3.49. The third-order valence-electron chi connectivity index (χ3n) is 3.49. The van der Waals surface area contributed by atoms with Gasteiger partial charge in [-0.2, -0.15) is 0 Å². The molecule has 2 rings (SSSR count). The van der Waals surface area contributed by atoms with Gasteiger partial charge in [0.2, 0.25) is 0 Å². The molecule has 2 aromatic carbocycles. The Morgan fingerprint density at radius 3 is 2.50 bits per heavy atom. The van der Waals surface area contributed by atoms with E-state index in [-0.39, 0.29) is 6.03 Å². The van der Waals surface area contributed by atoms with Crippen LogP contribution in [0.25, 0.3) is 0 Å². The average molecular weight is 298 g/mol. The van der Waals surface area contributed by atoms with E-state index in [9.17, 15) is 4.79 Å². The number of aryl methyl sites for hydroxylation is 1. The number of urea groups is 1. The zero-order chi connectivity index (χ0) is 16.1. The van der Waals surface area contributed by atoms with Crippen LogP contribution in [-0.2, 0) is 0 Å². The first-order valence-corrected chi connectivity index (χ1v) is 7.32. The smallest absolute Gasteiger partial charge is 0.323 e. The van der Waals surface area contributed by atoms with Crippen molar-refractivity contribution >= 4 is 17.4 Å². The van der Waals surface area contributed by atoms with Gasteiger partial charge in [-0.1, -0.05) is 26.0 Å². The Morgan fingerprint density at radius 1 is 1.09 bits per heavy atom. The van der Waals surface area contributed by atoms with Gasteiger partial charge in [0.1, 0.15) is 5.75 Å². The molecule has 22 heavy (non-hydrogen) atoms. The summed E-state index contributed by atoms with van der Waals surface area (Å²) in [6, 6.07) is 13.2. The van der Waals surface area contributed by atoms with Gasteiger partial charge in [-0.25, -0.2) is 4.79 Å². The second-order valence-electron chi connectivity index (χ2n) is 5.54. The molecule has 116 valence electrons. The molecule has 0 spiro atoms. The molecule has 0 saturated carbocycles. The highest BCUT2D eigenvalue weighted by atomic mass is 16.5. The van der Waals surface area contributed by atoms with E-state index in [1.54, 1.807) is 7.11 Å². The van der Waals surface area contributed by atoms with Crippen molar-refractivity contribution in [2.24, 2.45) is 0 Å². The van der Waals surface area contributed by atoms with E-state index in [1.165, 1.54) is 5.56 Å². The first kappa shape index (κ1) is 15.9. The van der Waals surface area contributed by atoms with Gasteiger partial charge in [-0.3, -0.25) is 0 Å². The van der Waals surface area contributed by atoms with Crippen molar-refractivity contribution in [1.82, 2.24) is 0 Å². The van der Waals surface area contributed by atoms with Crippen LogP contribution in [0, 0.1) is 6.92 Å². The Kier molecular flexibility index (Phi) is 5.04. The number of carbonyl (C=O) groups is 1. The van der Waals surface area contributed by atoms with Crippen LogP contribution in [0.1, 0.15) is 30.9 Å². The minimum absolute atomic E-state index is 0.255. The molecule has 2 N–H and O–H groups in total. The molecule has 2 amide bonds. The summed E-state index contributed by atoms with van der Waals surface area (Å²) in [7, 11) is 1.62. The van der Waals surface area contributed by atoms with Gasteiger partial charge in [0.15, 0.2) is 0 Å². The first-order valence-electron chi connectivity index (χ1n) is 7.32. The van der Waals surface area contributed by atoms with Gasteiger partial charge in [0.25, 0.3) is 0 Å². The van der Waals surface area contributed by atoms with Crippen molar-refractivity contribution in [1.29, 1.82) is 0 Å². The van der Waals surface area contributed by atoms with E-state index >= 15 is 0 Å². The van der Waals surface area contributed by atoms with Crippen LogP contribution in [-0.4, -0.2) is 13.1 Å². The molecule has 4 heteroatoms. The minimum Gasteiger partial charge on any atom is -0.497 e. The van der Waals surface area contributed by atoms with Crippen molar-refractivity contribution in [2.75, 3.05) is 17.7 Å². The topological polar surface area (TPSA) is 50.4 Å². The van der Waals surface area contributed by atoms with Crippen LogP contribution in [0.5, 0.6) is 5.75 Å². The average Bonchev–Trinajstić information content (AvgIpc) is 2.49. The molecule has 0 heterocycles. The number of benzene rings is 2. The van der Waals surface area contributed by atoms with Crippen molar-refractivity contribution in [2.45, 2.75) is 26.7 Å². The summed E-state index contributed by atoms with van der Waals surface area (Å²) in [5.74, 6) is 1.20. The summed E-state index contributed by atoms with van der Waals surface area (Å²) in [5, 5.41) is 5.71. The fourth-order valence-corrected chi connectivity index (χ4v) is 2.16. The van der Waals surface area contributed by atoms with Gasteiger partial charge in [-0.05, 0) is 54.3 Å². The number of ether oxygens (including phenoxy) is 1. The molecule has 4 nitrogen and oxygen atoms in total. The summed E-state index contributed by atoms with van der Waals surface area (Å²) in [6.07, 6.45) is 0. The summed E-state index contributed by atoms with van der Waals surface area (Å²) in [4.78, 5) is 12.1. The number of amides is 2. The number of hydrogen-bond donors (Lipinski definition) is 2. The van der Waals surface area contributed by atoms with Crippen LogP contribution in [0.2, 0.25) is 0 Å². The Labute approximate surface area is 131 Å². The van der Waals surface area contributed by atoms with E-state index in [4.69, 9.17) is 4.74 Å². The number of nitrogens with one attached hydrogen (secondary N) is 2. The van der Waals surface area contributed by atoms with Gasteiger partial charge in [0.05, 0.1) is 7.11 Å². The van der Waals surface area contributed by atoms with Gasteiger partial charge in [-0.15, -0.1) is 0 Å².